The maximum atomic E-state index is 13.2. The van der Waals surface area contributed by atoms with E-state index in [0.717, 1.165) is 29.7 Å². The molecule has 1 saturated heterocycles. The molecule has 4 rings (SSSR count). The number of nitrogens with one attached hydrogen (secondary N) is 1. The normalized spacial score (nSPS) is 17.6. The fraction of sp³-hybridized carbons (Fsp3) is 0.417. The van der Waals surface area contributed by atoms with Crippen LogP contribution in [0.2, 0.25) is 0 Å². The van der Waals surface area contributed by atoms with Gasteiger partial charge in [-0.1, -0.05) is 30.3 Å². The van der Waals surface area contributed by atoms with Crippen molar-refractivity contribution < 1.29 is 18.0 Å². The molecule has 32 heavy (non-hydrogen) atoms. The highest BCUT2D eigenvalue weighted by Gasteiger charge is 2.33. The summed E-state index contributed by atoms with van der Waals surface area (Å²) in [5.74, 6) is -0.240. The van der Waals surface area contributed by atoms with Gasteiger partial charge in [-0.05, 0) is 55.0 Å². The molecule has 1 N–H and O–H groups in total. The topological polar surface area (TPSA) is 86.8 Å². The number of carbonyl (C=O) groups excluding carboxylic acids is 2. The van der Waals surface area contributed by atoms with Crippen molar-refractivity contribution in [2.75, 3.05) is 24.5 Å². The van der Waals surface area contributed by atoms with Crippen molar-refractivity contribution >= 4 is 27.5 Å². The minimum Gasteiger partial charge on any atom is -0.352 e. The zero-order chi connectivity index (χ0) is 22.7. The van der Waals surface area contributed by atoms with Gasteiger partial charge < -0.3 is 10.2 Å². The van der Waals surface area contributed by atoms with Crippen molar-refractivity contribution in [2.24, 2.45) is 5.92 Å². The Bertz CT molecular complexity index is 1090. The molecule has 2 aromatic rings. The fourth-order valence-electron chi connectivity index (χ4n) is 4.50. The Labute approximate surface area is 189 Å². The molecule has 0 atom stereocenters. The Kier molecular flexibility index (Phi) is 6.62. The highest BCUT2D eigenvalue weighted by atomic mass is 32.2. The van der Waals surface area contributed by atoms with E-state index in [1.165, 1.54) is 11.2 Å². The first-order valence-electron chi connectivity index (χ1n) is 11.1. The molecule has 0 spiro atoms. The van der Waals surface area contributed by atoms with Gasteiger partial charge in [0.1, 0.15) is 0 Å². The molecule has 7 nitrogen and oxygen atoms in total. The van der Waals surface area contributed by atoms with Gasteiger partial charge in [0.05, 0.1) is 4.90 Å². The number of anilines is 1. The van der Waals surface area contributed by atoms with Crippen molar-refractivity contribution in [1.82, 2.24) is 9.62 Å². The van der Waals surface area contributed by atoms with Gasteiger partial charge in [0.25, 0.3) is 0 Å². The van der Waals surface area contributed by atoms with Gasteiger partial charge in [-0.2, -0.15) is 4.31 Å². The zero-order valence-corrected chi connectivity index (χ0v) is 19.1. The number of nitrogens with zero attached hydrogens (tertiary/aromatic N) is 2. The van der Waals surface area contributed by atoms with Crippen LogP contribution in [0.1, 0.15) is 37.3 Å². The van der Waals surface area contributed by atoms with Crippen molar-refractivity contribution in [2.45, 2.75) is 44.0 Å². The summed E-state index contributed by atoms with van der Waals surface area (Å²) in [4.78, 5) is 26.4. The minimum atomic E-state index is -3.64. The Morgan fingerprint density at radius 2 is 1.75 bits per heavy atom. The Balaban J connectivity index is 1.39. The number of carbonyl (C=O) groups is 2. The van der Waals surface area contributed by atoms with Gasteiger partial charge in [-0.3, -0.25) is 9.59 Å². The second kappa shape index (κ2) is 9.42. The molecule has 1 fully saturated rings. The van der Waals surface area contributed by atoms with E-state index in [0.29, 0.717) is 39.0 Å². The SMILES string of the molecule is CC(=O)N1CCCc2cc(S(=O)(=O)N3CCC(C(=O)NCc4ccccc4)CC3)ccc21. The summed E-state index contributed by atoms with van der Waals surface area (Å²) < 4.78 is 27.9. The second-order valence-electron chi connectivity index (χ2n) is 8.45. The molecular formula is C24H29N3O4S. The smallest absolute Gasteiger partial charge is 0.243 e. The summed E-state index contributed by atoms with van der Waals surface area (Å²) in [6.45, 7) is 3.31. The molecule has 0 bridgehead atoms. The lowest BCUT2D eigenvalue weighted by atomic mass is 9.97. The van der Waals surface area contributed by atoms with Crippen LogP contribution in [0.5, 0.6) is 0 Å². The van der Waals surface area contributed by atoms with Crippen molar-refractivity contribution in [3.05, 3.63) is 59.7 Å². The van der Waals surface area contributed by atoms with E-state index in [2.05, 4.69) is 5.32 Å². The van der Waals surface area contributed by atoms with E-state index in [1.807, 2.05) is 30.3 Å². The van der Waals surface area contributed by atoms with E-state index in [9.17, 15) is 18.0 Å². The van der Waals surface area contributed by atoms with Crippen LogP contribution >= 0.6 is 0 Å². The predicted molar refractivity (Wildman–Crippen MR) is 123 cm³/mol. The minimum absolute atomic E-state index is 0.0241. The average molecular weight is 456 g/mol. The van der Waals surface area contributed by atoms with Crippen molar-refractivity contribution in [1.29, 1.82) is 0 Å². The molecule has 2 aliphatic rings. The van der Waals surface area contributed by atoms with Gasteiger partial charge in [-0.15, -0.1) is 0 Å². The quantitative estimate of drug-likeness (QED) is 0.751. The number of piperidine rings is 1. The van der Waals surface area contributed by atoms with Gasteiger partial charge >= 0.3 is 0 Å². The molecule has 0 aliphatic carbocycles. The Hall–Kier alpha value is -2.71. The summed E-state index contributed by atoms with van der Waals surface area (Å²) in [7, 11) is -3.64. The number of fused-ring (bicyclic) bond motifs is 1. The molecule has 0 radical (unpaired) electrons. The average Bonchev–Trinajstić information content (AvgIpc) is 2.82. The first-order chi connectivity index (χ1) is 15.4. The molecular weight excluding hydrogens is 426 g/mol. The van der Waals surface area contributed by atoms with E-state index in [1.54, 1.807) is 23.1 Å². The van der Waals surface area contributed by atoms with Crippen LogP contribution in [0.15, 0.2) is 53.4 Å². The summed E-state index contributed by atoms with van der Waals surface area (Å²) in [6, 6.07) is 14.8. The van der Waals surface area contributed by atoms with Crippen LogP contribution in [0.3, 0.4) is 0 Å². The number of sulfonamides is 1. The van der Waals surface area contributed by atoms with Crippen LogP contribution < -0.4 is 10.2 Å². The van der Waals surface area contributed by atoms with Crippen LogP contribution in [-0.4, -0.2) is 44.2 Å². The third-order valence-electron chi connectivity index (χ3n) is 6.32. The molecule has 2 aliphatic heterocycles. The van der Waals surface area contributed by atoms with E-state index >= 15 is 0 Å². The summed E-state index contributed by atoms with van der Waals surface area (Å²) >= 11 is 0. The molecule has 2 amide bonds. The highest BCUT2D eigenvalue weighted by molar-refractivity contribution is 7.89. The van der Waals surface area contributed by atoms with Crippen molar-refractivity contribution in [3.8, 4) is 0 Å². The highest BCUT2D eigenvalue weighted by Crippen LogP contribution is 2.31. The maximum Gasteiger partial charge on any atom is 0.243 e. The monoisotopic (exact) mass is 455 g/mol. The number of hydrogen-bond acceptors (Lipinski definition) is 4. The molecule has 0 saturated carbocycles. The molecule has 170 valence electrons. The largest absolute Gasteiger partial charge is 0.352 e. The number of aryl methyl sites for hydroxylation is 1. The third-order valence-corrected chi connectivity index (χ3v) is 8.22. The number of benzene rings is 2. The second-order valence-corrected chi connectivity index (χ2v) is 10.4. The first-order valence-corrected chi connectivity index (χ1v) is 12.5. The molecule has 0 unspecified atom stereocenters. The lowest BCUT2D eigenvalue weighted by Gasteiger charge is -2.32. The molecule has 2 heterocycles. The standard InChI is InChI=1S/C24H29N3O4S/c1-18(28)27-13-5-8-21-16-22(9-10-23(21)27)32(30,31)26-14-11-20(12-15-26)24(29)25-17-19-6-3-2-4-7-19/h2-4,6-7,9-10,16,20H,5,8,11-15,17H2,1H3,(H,25,29). The van der Waals surface area contributed by atoms with E-state index < -0.39 is 10.0 Å². The fourth-order valence-corrected chi connectivity index (χ4v) is 6.02. The van der Waals surface area contributed by atoms with Crippen LogP contribution in [-0.2, 0) is 32.6 Å². The van der Waals surface area contributed by atoms with Crippen molar-refractivity contribution in [3.63, 3.8) is 0 Å². The summed E-state index contributed by atoms with van der Waals surface area (Å²) in [5.41, 5.74) is 2.73. The first kappa shape index (κ1) is 22.5. The lowest BCUT2D eigenvalue weighted by Crippen LogP contribution is -2.43. The summed E-state index contributed by atoms with van der Waals surface area (Å²) in [6.07, 6.45) is 2.58. The Morgan fingerprint density at radius 3 is 2.44 bits per heavy atom. The molecule has 0 aromatic heterocycles. The van der Waals surface area contributed by atoms with Gasteiger partial charge in [0.15, 0.2) is 0 Å². The van der Waals surface area contributed by atoms with Crippen LogP contribution in [0.4, 0.5) is 5.69 Å². The molecule has 8 heteroatoms. The number of rotatable bonds is 5. The zero-order valence-electron chi connectivity index (χ0n) is 18.3. The predicted octanol–water partition coefficient (Wildman–Crippen LogP) is 2.70. The molecule has 2 aromatic carbocycles. The van der Waals surface area contributed by atoms with Gasteiger partial charge in [0.2, 0.25) is 21.8 Å². The van der Waals surface area contributed by atoms with Gasteiger partial charge in [-0.25, -0.2) is 8.42 Å². The Morgan fingerprint density at radius 1 is 1.03 bits per heavy atom. The lowest BCUT2D eigenvalue weighted by molar-refractivity contribution is -0.126. The third kappa shape index (κ3) is 4.71. The maximum absolute atomic E-state index is 13.2. The number of hydrogen-bond donors (Lipinski definition) is 1. The van der Waals surface area contributed by atoms with E-state index in [4.69, 9.17) is 0 Å². The van der Waals surface area contributed by atoms with Gasteiger partial charge in [0, 0.05) is 44.7 Å². The van der Waals surface area contributed by atoms with Crippen LogP contribution in [0.25, 0.3) is 0 Å². The van der Waals surface area contributed by atoms with E-state index in [-0.39, 0.29) is 22.6 Å². The number of amides is 2. The summed E-state index contributed by atoms with van der Waals surface area (Å²) in [5, 5.41) is 2.96. The van der Waals surface area contributed by atoms with Crippen LogP contribution in [0, 0.1) is 5.92 Å².